The molecule has 0 saturated carbocycles. The summed E-state index contributed by atoms with van der Waals surface area (Å²) in [7, 11) is -0.152. The maximum Gasteiger partial charge on any atom is 0.250 e. The minimum Gasteiger partial charge on any atom is -0.541 e. The van der Waals surface area contributed by atoms with Gasteiger partial charge in [0.1, 0.15) is 5.75 Å². The zero-order valence-corrected chi connectivity index (χ0v) is 16.8. The molecule has 0 spiro atoms. The van der Waals surface area contributed by atoms with Crippen LogP contribution in [0, 0.1) is 0 Å². The first-order valence-electron chi connectivity index (χ1n) is 7.97. The summed E-state index contributed by atoms with van der Waals surface area (Å²) in [5.74, 6) is 1.67. The Morgan fingerprint density at radius 2 is 1.59 bits per heavy atom. The highest BCUT2D eigenvalue weighted by Gasteiger charge is 2.39. The van der Waals surface area contributed by atoms with Gasteiger partial charge in [-0.1, -0.05) is 26.8 Å². The standard InChI is InChI=1S/C18H33NO2Si/c1-17(2,3)19-13-14-10-11-15(16(12-14)20-7)21-22(8,9)18(4,5)6/h10-12,19H,13H2,1-9H3. The maximum absolute atomic E-state index is 6.38. The van der Waals surface area contributed by atoms with Gasteiger partial charge in [0.25, 0.3) is 8.32 Å². The molecular weight excluding hydrogens is 290 g/mol. The second-order valence-corrected chi connectivity index (χ2v) is 13.2. The molecule has 1 aromatic carbocycles. The molecule has 0 unspecified atom stereocenters. The number of nitrogens with one attached hydrogen (secondary N) is 1. The van der Waals surface area contributed by atoms with E-state index in [1.807, 2.05) is 6.07 Å². The topological polar surface area (TPSA) is 30.5 Å². The van der Waals surface area contributed by atoms with Crippen LogP contribution in [0.25, 0.3) is 0 Å². The van der Waals surface area contributed by atoms with Crippen molar-refractivity contribution in [3.63, 3.8) is 0 Å². The molecule has 0 atom stereocenters. The highest BCUT2D eigenvalue weighted by Crippen LogP contribution is 2.40. The molecule has 1 aromatic rings. The van der Waals surface area contributed by atoms with Gasteiger partial charge < -0.3 is 14.5 Å². The van der Waals surface area contributed by atoms with Crippen molar-refractivity contribution in [3.05, 3.63) is 23.8 Å². The summed E-state index contributed by atoms with van der Waals surface area (Å²) in [5, 5.41) is 3.66. The molecule has 0 aromatic heterocycles. The van der Waals surface area contributed by atoms with Gasteiger partial charge in [0.2, 0.25) is 0 Å². The molecule has 0 aliphatic rings. The largest absolute Gasteiger partial charge is 0.541 e. The van der Waals surface area contributed by atoms with Crippen molar-refractivity contribution in [2.45, 2.75) is 71.8 Å². The smallest absolute Gasteiger partial charge is 0.250 e. The maximum atomic E-state index is 6.38. The first-order chi connectivity index (χ1) is 9.86. The number of benzene rings is 1. The third-order valence-corrected chi connectivity index (χ3v) is 8.56. The van der Waals surface area contributed by atoms with E-state index in [1.54, 1.807) is 7.11 Å². The predicted octanol–water partition coefficient (Wildman–Crippen LogP) is 4.97. The van der Waals surface area contributed by atoms with Crippen LogP contribution >= 0.6 is 0 Å². The Hall–Kier alpha value is -1.00. The monoisotopic (exact) mass is 323 g/mol. The fourth-order valence-corrected chi connectivity index (χ4v) is 2.73. The van der Waals surface area contributed by atoms with E-state index < -0.39 is 8.32 Å². The molecule has 0 saturated heterocycles. The molecule has 1 N–H and O–H groups in total. The zero-order valence-electron chi connectivity index (χ0n) is 15.8. The van der Waals surface area contributed by atoms with Crippen LogP contribution in [-0.4, -0.2) is 21.0 Å². The van der Waals surface area contributed by atoms with Crippen molar-refractivity contribution in [1.82, 2.24) is 5.32 Å². The number of hydrogen-bond donors (Lipinski definition) is 1. The van der Waals surface area contributed by atoms with Gasteiger partial charge in [-0.15, -0.1) is 0 Å². The molecule has 0 radical (unpaired) electrons. The van der Waals surface area contributed by atoms with E-state index in [0.717, 1.165) is 18.0 Å². The van der Waals surface area contributed by atoms with Gasteiger partial charge in [-0.25, -0.2) is 0 Å². The van der Waals surface area contributed by atoms with E-state index in [0.29, 0.717) is 0 Å². The van der Waals surface area contributed by atoms with Crippen LogP contribution in [0.3, 0.4) is 0 Å². The minimum absolute atomic E-state index is 0.101. The van der Waals surface area contributed by atoms with Gasteiger partial charge in [-0.3, -0.25) is 0 Å². The summed E-state index contributed by atoms with van der Waals surface area (Å²) < 4.78 is 11.9. The molecule has 3 nitrogen and oxygen atoms in total. The van der Waals surface area contributed by atoms with E-state index >= 15 is 0 Å². The molecule has 0 fully saturated rings. The second kappa shape index (κ2) is 6.63. The van der Waals surface area contributed by atoms with Crippen LogP contribution in [0.5, 0.6) is 11.5 Å². The Bertz CT molecular complexity index is 499. The normalized spacial score (nSPS) is 13.1. The van der Waals surface area contributed by atoms with Crippen molar-refractivity contribution in [1.29, 1.82) is 0 Å². The Balaban J connectivity index is 2.95. The van der Waals surface area contributed by atoms with E-state index in [2.05, 4.69) is 72.1 Å². The lowest BCUT2D eigenvalue weighted by Gasteiger charge is -2.36. The molecule has 0 heterocycles. The van der Waals surface area contributed by atoms with Gasteiger partial charge in [-0.2, -0.15) is 0 Å². The Morgan fingerprint density at radius 3 is 2.05 bits per heavy atom. The summed E-state index contributed by atoms with van der Waals surface area (Å²) in [6.45, 7) is 18.6. The first-order valence-corrected chi connectivity index (χ1v) is 10.9. The minimum atomic E-state index is -1.85. The molecule has 0 bridgehead atoms. The van der Waals surface area contributed by atoms with E-state index in [4.69, 9.17) is 9.16 Å². The van der Waals surface area contributed by atoms with Crippen LogP contribution in [0.1, 0.15) is 47.1 Å². The fraction of sp³-hybridized carbons (Fsp3) is 0.667. The Labute approximate surface area is 137 Å². The van der Waals surface area contributed by atoms with Crippen LogP contribution in [0.4, 0.5) is 0 Å². The zero-order chi connectivity index (χ0) is 17.2. The molecular formula is C18H33NO2Si. The van der Waals surface area contributed by atoms with Crippen LogP contribution < -0.4 is 14.5 Å². The molecule has 126 valence electrons. The number of hydrogen-bond acceptors (Lipinski definition) is 3. The van der Waals surface area contributed by atoms with E-state index in [9.17, 15) is 0 Å². The van der Waals surface area contributed by atoms with Gasteiger partial charge in [0.15, 0.2) is 5.75 Å². The number of methoxy groups -OCH3 is 1. The average molecular weight is 324 g/mol. The molecule has 0 aliphatic carbocycles. The van der Waals surface area contributed by atoms with Crippen molar-refractivity contribution < 1.29 is 9.16 Å². The van der Waals surface area contributed by atoms with E-state index in [1.165, 1.54) is 5.56 Å². The lowest BCUT2D eigenvalue weighted by atomic mass is 10.1. The quantitative estimate of drug-likeness (QED) is 0.776. The molecule has 0 amide bonds. The van der Waals surface area contributed by atoms with Crippen molar-refractivity contribution in [2.75, 3.05) is 7.11 Å². The van der Waals surface area contributed by atoms with Crippen LogP contribution in [0.15, 0.2) is 18.2 Å². The van der Waals surface area contributed by atoms with Gasteiger partial charge in [-0.05, 0) is 56.6 Å². The van der Waals surface area contributed by atoms with E-state index in [-0.39, 0.29) is 10.6 Å². The third kappa shape index (κ3) is 5.32. The summed E-state index contributed by atoms with van der Waals surface area (Å²) in [4.78, 5) is 0. The summed E-state index contributed by atoms with van der Waals surface area (Å²) >= 11 is 0. The van der Waals surface area contributed by atoms with Gasteiger partial charge >= 0.3 is 0 Å². The first kappa shape index (κ1) is 19.0. The molecule has 0 aliphatic heterocycles. The summed E-state index contributed by atoms with van der Waals surface area (Å²) in [5.41, 5.74) is 1.30. The lowest BCUT2D eigenvalue weighted by molar-refractivity contribution is 0.383. The lowest BCUT2D eigenvalue weighted by Crippen LogP contribution is -2.43. The van der Waals surface area contributed by atoms with Gasteiger partial charge in [0.05, 0.1) is 7.11 Å². The van der Waals surface area contributed by atoms with Crippen molar-refractivity contribution in [3.8, 4) is 11.5 Å². The highest BCUT2D eigenvalue weighted by atomic mass is 28.4. The Morgan fingerprint density at radius 1 is 1.00 bits per heavy atom. The summed E-state index contributed by atoms with van der Waals surface area (Å²) in [6.07, 6.45) is 0. The average Bonchev–Trinajstić information content (AvgIpc) is 2.34. The number of rotatable bonds is 5. The van der Waals surface area contributed by atoms with Crippen LogP contribution in [0.2, 0.25) is 18.1 Å². The number of ether oxygens (including phenoxy) is 1. The SMILES string of the molecule is COc1cc(CNC(C)(C)C)ccc1O[Si](C)(C)C(C)(C)C. The predicted molar refractivity (Wildman–Crippen MR) is 97.4 cm³/mol. The molecule has 22 heavy (non-hydrogen) atoms. The third-order valence-electron chi connectivity index (χ3n) is 4.22. The van der Waals surface area contributed by atoms with Crippen molar-refractivity contribution >= 4 is 8.32 Å². The van der Waals surface area contributed by atoms with Crippen molar-refractivity contribution in [2.24, 2.45) is 0 Å². The molecule has 4 heteroatoms. The van der Waals surface area contributed by atoms with Gasteiger partial charge in [0, 0.05) is 12.1 Å². The molecule has 1 rings (SSSR count). The second-order valence-electron chi connectivity index (χ2n) is 8.45. The fourth-order valence-electron chi connectivity index (χ4n) is 1.70. The highest BCUT2D eigenvalue weighted by molar-refractivity contribution is 6.74. The van der Waals surface area contributed by atoms with Crippen LogP contribution in [-0.2, 0) is 6.54 Å². The summed E-state index contributed by atoms with van der Waals surface area (Å²) in [6, 6.07) is 6.23. The Kier molecular flexibility index (Phi) is 5.74.